The van der Waals surface area contributed by atoms with Gasteiger partial charge in [-0.15, -0.1) is 11.8 Å². The molecular formula is C18H21N3O2S. The van der Waals surface area contributed by atoms with E-state index < -0.39 is 0 Å². The van der Waals surface area contributed by atoms with E-state index in [0.29, 0.717) is 24.8 Å². The van der Waals surface area contributed by atoms with Crippen LogP contribution in [0.25, 0.3) is 0 Å². The predicted molar refractivity (Wildman–Crippen MR) is 96.1 cm³/mol. The molecule has 1 aliphatic rings. The highest BCUT2D eigenvalue weighted by atomic mass is 32.2. The number of nitrogens with zero attached hydrogens (tertiary/aromatic N) is 2. The van der Waals surface area contributed by atoms with E-state index in [9.17, 15) is 9.59 Å². The number of carbonyl (C=O) groups excluding carboxylic acids is 1. The summed E-state index contributed by atoms with van der Waals surface area (Å²) >= 11 is 1.58. The Bertz CT molecular complexity index is 741. The fraction of sp³-hybridized carbons (Fsp3) is 0.389. The Kier molecular flexibility index (Phi) is 5.69. The number of hydrogen-bond donors (Lipinski definition) is 1. The first kappa shape index (κ1) is 16.8. The Morgan fingerprint density at radius 3 is 2.75 bits per heavy atom. The molecule has 1 saturated carbocycles. The van der Waals surface area contributed by atoms with Crippen molar-refractivity contribution in [2.75, 3.05) is 12.3 Å². The minimum atomic E-state index is -0.118. The molecule has 0 bridgehead atoms. The molecule has 24 heavy (non-hydrogen) atoms. The lowest BCUT2D eigenvalue weighted by Crippen LogP contribution is -2.33. The number of amides is 1. The average Bonchev–Trinajstić information content (AvgIpc) is 3.42. The van der Waals surface area contributed by atoms with Gasteiger partial charge in [-0.05, 0) is 24.5 Å². The first-order chi connectivity index (χ1) is 11.7. The second-order valence-corrected chi connectivity index (χ2v) is 6.91. The smallest absolute Gasteiger partial charge is 0.266 e. The predicted octanol–water partition coefficient (Wildman–Crippen LogP) is 2.17. The summed E-state index contributed by atoms with van der Waals surface area (Å²) in [4.78, 5) is 23.7. The fourth-order valence-corrected chi connectivity index (χ4v) is 3.23. The van der Waals surface area contributed by atoms with Crippen molar-refractivity contribution in [3.05, 3.63) is 64.1 Å². The maximum atomic E-state index is 11.9. The van der Waals surface area contributed by atoms with Gasteiger partial charge in [-0.25, -0.2) is 4.68 Å². The summed E-state index contributed by atoms with van der Waals surface area (Å²) in [5.74, 6) is 1.74. The van der Waals surface area contributed by atoms with Crippen molar-refractivity contribution in [1.29, 1.82) is 0 Å². The fourth-order valence-electron chi connectivity index (χ4n) is 2.41. The van der Waals surface area contributed by atoms with Crippen molar-refractivity contribution in [3.63, 3.8) is 0 Å². The van der Waals surface area contributed by atoms with E-state index in [4.69, 9.17) is 0 Å². The molecular weight excluding hydrogens is 322 g/mol. The van der Waals surface area contributed by atoms with Crippen LogP contribution in [0.3, 0.4) is 0 Å². The third kappa shape index (κ3) is 4.96. The van der Waals surface area contributed by atoms with Crippen molar-refractivity contribution < 1.29 is 4.79 Å². The second kappa shape index (κ2) is 8.15. The molecule has 0 saturated heterocycles. The van der Waals surface area contributed by atoms with Crippen LogP contribution in [0.15, 0.2) is 47.3 Å². The molecule has 0 radical (unpaired) electrons. The van der Waals surface area contributed by atoms with Gasteiger partial charge in [0.25, 0.3) is 5.56 Å². The van der Waals surface area contributed by atoms with Gasteiger partial charge in [0.2, 0.25) is 5.91 Å². The Balaban J connectivity index is 1.39. The van der Waals surface area contributed by atoms with Crippen molar-refractivity contribution in [2.45, 2.75) is 31.1 Å². The molecule has 1 fully saturated rings. The molecule has 6 heteroatoms. The number of hydrogen-bond acceptors (Lipinski definition) is 4. The van der Waals surface area contributed by atoms with E-state index in [1.807, 2.05) is 24.3 Å². The van der Waals surface area contributed by atoms with Gasteiger partial charge in [-0.3, -0.25) is 9.59 Å². The second-order valence-electron chi connectivity index (χ2n) is 5.92. The third-order valence-electron chi connectivity index (χ3n) is 3.87. The monoisotopic (exact) mass is 343 g/mol. The van der Waals surface area contributed by atoms with Crippen LogP contribution in [0, 0.1) is 0 Å². The van der Waals surface area contributed by atoms with Crippen molar-refractivity contribution in [3.8, 4) is 0 Å². The quantitative estimate of drug-likeness (QED) is 0.798. The van der Waals surface area contributed by atoms with Crippen LogP contribution in [-0.2, 0) is 17.1 Å². The van der Waals surface area contributed by atoms with Crippen molar-refractivity contribution in [2.24, 2.45) is 0 Å². The molecule has 1 amide bonds. The molecule has 2 aromatic rings. The van der Waals surface area contributed by atoms with Crippen LogP contribution in [0.4, 0.5) is 0 Å². The van der Waals surface area contributed by atoms with E-state index in [0.717, 1.165) is 24.3 Å². The molecule has 5 nitrogen and oxygen atoms in total. The van der Waals surface area contributed by atoms with E-state index in [1.165, 1.54) is 10.2 Å². The maximum Gasteiger partial charge on any atom is 0.266 e. The van der Waals surface area contributed by atoms with Gasteiger partial charge in [0, 0.05) is 24.3 Å². The summed E-state index contributed by atoms with van der Waals surface area (Å²) in [5, 5.41) is 7.23. The minimum absolute atomic E-state index is 0.0117. The van der Waals surface area contributed by atoms with Crippen LogP contribution in [0.2, 0.25) is 0 Å². The van der Waals surface area contributed by atoms with Crippen molar-refractivity contribution >= 4 is 17.7 Å². The number of benzene rings is 1. The molecule has 1 aromatic heterocycles. The van der Waals surface area contributed by atoms with Crippen LogP contribution >= 0.6 is 11.8 Å². The van der Waals surface area contributed by atoms with Gasteiger partial charge < -0.3 is 5.32 Å². The van der Waals surface area contributed by atoms with Gasteiger partial charge in [0.15, 0.2) is 0 Å². The summed E-state index contributed by atoms with van der Waals surface area (Å²) in [5.41, 5.74) is 2.08. The van der Waals surface area contributed by atoms with E-state index in [-0.39, 0.29) is 11.5 Å². The Morgan fingerprint density at radius 1 is 1.21 bits per heavy atom. The van der Waals surface area contributed by atoms with Crippen molar-refractivity contribution in [1.82, 2.24) is 15.1 Å². The van der Waals surface area contributed by atoms with Gasteiger partial charge >= 0.3 is 0 Å². The topological polar surface area (TPSA) is 64.0 Å². The average molecular weight is 343 g/mol. The lowest BCUT2D eigenvalue weighted by atomic mass is 10.2. The highest BCUT2D eigenvalue weighted by Gasteiger charge is 2.25. The summed E-state index contributed by atoms with van der Waals surface area (Å²) < 4.78 is 1.45. The molecule has 126 valence electrons. The van der Waals surface area contributed by atoms with Gasteiger partial charge in [-0.1, -0.05) is 30.3 Å². The van der Waals surface area contributed by atoms with Gasteiger partial charge in [-0.2, -0.15) is 5.10 Å². The summed E-state index contributed by atoms with van der Waals surface area (Å²) in [6.07, 6.45) is 2.31. The molecule has 1 aliphatic carbocycles. The zero-order valence-corrected chi connectivity index (χ0v) is 14.3. The highest BCUT2D eigenvalue weighted by molar-refractivity contribution is 7.99. The molecule has 1 N–H and O–H groups in total. The maximum absolute atomic E-state index is 11.9. The zero-order valence-electron chi connectivity index (χ0n) is 13.5. The lowest BCUT2D eigenvalue weighted by Gasteiger charge is -2.08. The summed E-state index contributed by atoms with van der Waals surface area (Å²) in [6.45, 7) is 0.834. The van der Waals surface area contributed by atoms with Crippen LogP contribution in [0.1, 0.15) is 30.0 Å². The standard InChI is InChI=1S/C18H21N3O2S/c22-17(13-24-12-14-4-2-1-3-5-14)19-10-11-21-18(23)9-8-16(20-21)15-6-7-15/h1-5,8-9,15H,6-7,10-13H2,(H,19,22). The number of nitrogens with one attached hydrogen (secondary N) is 1. The first-order valence-corrected chi connectivity index (χ1v) is 9.34. The number of rotatable bonds is 8. The lowest BCUT2D eigenvalue weighted by molar-refractivity contribution is -0.118. The first-order valence-electron chi connectivity index (χ1n) is 8.19. The van der Waals surface area contributed by atoms with Crippen LogP contribution in [0.5, 0.6) is 0 Å². The van der Waals surface area contributed by atoms with E-state index in [2.05, 4.69) is 22.5 Å². The molecule has 0 atom stereocenters. The van der Waals surface area contributed by atoms with Gasteiger partial charge in [0.05, 0.1) is 18.0 Å². The number of carbonyl (C=O) groups is 1. The Morgan fingerprint density at radius 2 is 2.00 bits per heavy atom. The highest BCUT2D eigenvalue weighted by Crippen LogP contribution is 2.38. The normalized spacial score (nSPS) is 13.7. The van der Waals surface area contributed by atoms with Crippen LogP contribution < -0.4 is 10.9 Å². The summed E-state index contributed by atoms with van der Waals surface area (Å²) in [7, 11) is 0. The SMILES string of the molecule is O=C(CSCc1ccccc1)NCCn1nc(C2CC2)ccc1=O. The molecule has 0 unspecified atom stereocenters. The van der Waals surface area contributed by atoms with E-state index in [1.54, 1.807) is 17.8 Å². The molecule has 1 heterocycles. The largest absolute Gasteiger partial charge is 0.354 e. The van der Waals surface area contributed by atoms with E-state index >= 15 is 0 Å². The third-order valence-corrected chi connectivity index (χ3v) is 4.88. The number of aromatic nitrogens is 2. The molecule has 0 aliphatic heterocycles. The van der Waals surface area contributed by atoms with Crippen LogP contribution in [-0.4, -0.2) is 28.0 Å². The minimum Gasteiger partial charge on any atom is -0.354 e. The molecule has 1 aromatic carbocycles. The van der Waals surface area contributed by atoms with Gasteiger partial charge in [0.1, 0.15) is 0 Å². The molecule has 0 spiro atoms. The number of thioether (sulfide) groups is 1. The Labute approximate surface area is 145 Å². The zero-order chi connectivity index (χ0) is 16.8. The Hall–Kier alpha value is -2.08. The summed E-state index contributed by atoms with van der Waals surface area (Å²) in [6, 6.07) is 13.5. The molecule has 3 rings (SSSR count).